The van der Waals surface area contributed by atoms with Crippen molar-refractivity contribution in [3.05, 3.63) is 116 Å². The number of carbonyl (C=O) groups is 1. The van der Waals surface area contributed by atoms with E-state index in [0.717, 1.165) is 65.2 Å². The Kier molecular flexibility index (Phi) is 9.05. The number of nitrogens with zero attached hydrogens (tertiary/aromatic N) is 5. The first-order valence-corrected chi connectivity index (χ1v) is 15.8. The number of hydrogen-bond donors (Lipinski definition) is 1. The van der Waals surface area contributed by atoms with E-state index >= 15 is 0 Å². The normalized spacial score (nSPS) is 19.1. The van der Waals surface area contributed by atoms with E-state index in [-0.39, 0.29) is 18.0 Å². The summed E-state index contributed by atoms with van der Waals surface area (Å²) in [5, 5.41) is 0.755. The number of aryl methyl sites for hydroxylation is 3. The average molecular weight is 648 g/mol. The summed E-state index contributed by atoms with van der Waals surface area (Å²) in [6.45, 7) is 3.55. The Balaban J connectivity index is 1.28. The molecule has 1 aliphatic carbocycles. The number of carbonyl (C=O) groups excluding carboxylic acids is 1. The van der Waals surface area contributed by atoms with Gasteiger partial charge in [0.1, 0.15) is 6.04 Å². The number of aromatic nitrogens is 3. The lowest BCUT2D eigenvalue weighted by Gasteiger charge is -2.44. The van der Waals surface area contributed by atoms with Crippen molar-refractivity contribution in [1.29, 1.82) is 0 Å². The van der Waals surface area contributed by atoms with Crippen molar-refractivity contribution in [2.45, 2.75) is 44.3 Å². The molecule has 0 saturated carbocycles. The first-order chi connectivity index (χ1) is 20.5. The predicted molar refractivity (Wildman–Crippen MR) is 169 cm³/mol. The van der Waals surface area contributed by atoms with Crippen molar-refractivity contribution >= 4 is 33.4 Å². The highest BCUT2D eigenvalue weighted by Gasteiger charge is 2.38. The molecule has 42 heavy (non-hydrogen) atoms. The average Bonchev–Trinajstić information content (AvgIpc) is 3.46. The molecule has 2 aromatic heterocycles. The third-order valence-electron chi connectivity index (χ3n) is 8.58. The first-order valence-electron chi connectivity index (χ1n) is 14.6. The number of aromatic amines is 1. The Bertz CT molecular complexity index is 1460. The molecule has 6 rings (SSSR count). The van der Waals surface area contributed by atoms with Gasteiger partial charge >= 0.3 is 0 Å². The van der Waals surface area contributed by atoms with Gasteiger partial charge in [-0.2, -0.15) is 0 Å². The molecule has 1 amide bonds. The van der Waals surface area contributed by atoms with Crippen LogP contribution in [0.1, 0.15) is 46.1 Å². The molecule has 218 valence electrons. The minimum atomic E-state index is -0.257. The monoisotopic (exact) mass is 646 g/mol. The van der Waals surface area contributed by atoms with E-state index in [1.54, 1.807) is 6.33 Å². The Hall–Kier alpha value is -3.04. The van der Waals surface area contributed by atoms with Crippen LogP contribution in [0.4, 0.5) is 0 Å². The van der Waals surface area contributed by atoms with Crippen LogP contribution >= 0.6 is 27.5 Å². The second-order valence-electron chi connectivity index (χ2n) is 11.4. The Labute approximate surface area is 261 Å². The van der Waals surface area contributed by atoms with Crippen molar-refractivity contribution in [3.63, 3.8) is 0 Å². The number of fused-ring (bicyclic) bond motifs is 2. The van der Waals surface area contributed by atoms with Gasteiger partial charge in [-0.1, -0.05) is 48.0 Å². The zero-order valence-electron chi connectivity index (χ0n) is 23.8. The van der Waals surface area contributed by atoms with Crippen LogP contribution in [-0.4, -0.2) is 74.8 Å². The fraction of sp³-hybridized carbons (Fsp3) is 0.364. The van der Waals surface area contributed by atoms with Crippen molar-refractivity contribution in [2.24, 2.45) is 0 Å². The molecular formula is C33H36BrClN6O. The zero-order valence-corrected chi connectivity index (χ0v) is 26.2. The molecule has 0 radical (unpaired) electrons. The quantitative estimate of drug-likeness (QED) is 0.266. The number of hydrogen-bond acceptors (Lipinski definition) is 5. The SMILES string of the molecule is CN1CCN(C2c3ccc(Cl)cc3CCc3cc(Br)cnc32)C[C@@H]1C(=O)N(CCCc1cnc[nH]1)Cc1ccccc1. The summed E-state index contributed by atoms with van der Waals surface area (Å²) < 4.78 is 0.988. The molecule has 1 aliphatic heterocycles. The molecule has 0 bridgehead atoms. The standard InChI is InChI=1S/C33H36BrClN6O/c1-39-14-15-40(32-29-12-11-27(35)17-24(29)9-10-25-16-26(34)18-37-31(25)32)21-30(39)33(42)41(20-23-6-3-2-4-7-23)13-5-8-28-19-36-22-38-28/h2-4,6-7,11-12,16-19,22,30,32H,5,8-10,13-15,20-21H2,1H3,(H,36,38)/t30-,32?/m1/s1. The van der Waals surface area contributed by atoms with Crippen molar-refractivity contribution in [2.75, 3.05) is 33.2 Å². The summed E-state index contributed by atoms with van der Waals surface area (Å²) in [6.07, 6.45) is 9.00. The van der Waals surface area contributed by atoms with E-state index in [9.17, 15) is 4.79 Å². The summed E-state index contributed by atoms with van der Waals surface area (Å²) in [5.74, 6) is 0.171. The molecule has 1 unspecified atom stereocenters. The minimum absolute atomic E-state index is 0.0326. The van der Waals surface area contributed by atoms with Gasteiger partial charge in [0.15, 0.2) is 0 Å². The van der Waals surface area contributed by atoms with Crippen molar-refractivity contribution in [3.8, 4) is 0 Å². The number of benzene rings is 2. The summed E-state index contributed by atoms with van der Waals surface area (Å²) in [5.41, 5.74) is 7.05. The second kappa shape index (κ2) is 13.1. The number of rotatable bonds is 8. The van der Waals surface area contributed by atoms with E-state index in [2.05, 4.69) is 73.1 Å². The zero-order chi connectivity index (χ0) is 29.1. The van der Waals surface area contributed by atoms with Crippen LogP contribution in [0.15, 0.2) is 77.8 Å². The minimum Gasteiger partial charge on any atom is -0.348 e. The van der Waals surface area contributed by atoms with E-state index < -0.39 is 0 Å². The van der Waals surface area contributed by atoms with Gasteiger partial charge in [-0.05, 0) is 89.1 Å². The topological polar surface area (TPSA) is 68.4 Å². The molecule has 1 fully saturated rings. The van der Waals surface area contributed by atoms with Gasteiger partial charge in [0.2, 0.25) is 5.91 Å². The van der Waals surface area contributed by atoms with Gasteiger partial charge in [0, 0.05) is 60.3 Å². The summed E-state index contributed by atoms with van der Waals surface area (Å²) in [6, 6.07) is 18.4. The largest absolute Gasteiger partial charge is 0.348 e. The molecule has 3 heterocycles. The number of halogens is 2. The maximum atomic E-state index is 14.4. The summed E-state index contributed by atoms with van der Waals surface area (Å²) >= 11 is 10.1. The summed E-state index contributed by atoms with van der Waals surface area (Å²) in [4.78, 5) is 33.4. The van der Waals surface area contributed by atoms with Gasteiger partial charge in [-0.3, -0.25) is 19.6 Å². The number of H-pyrrole nitrogens is 1. The van der Waals surface area contributed by atoms with Crippen LogP contribution in [-0.2, 0) is 30.6 Å². The van der Waals surface area contributed by atoms with Crippen LogP contribution in [0, 0.1) is 0 Å². The van der Waals surface area contributed by atoms with Gasteiger partial charge in [-0.25, -0.2) is 4.98 Å². The highest BCUT2D eigenvalue weighted by Crippen LogP contribution is 2.38. The van der Waals surface area contributed by atoms with Crippen LogP contribution in [0.2, 0.25) is 5.02 Å². The Morgan fingerprint density at radius 3 is 2.74 bits per heavy atom. The molecule has 0 spiro atoms. The molecule has 7 nitrogen and oxygen atoms in total. The molecule has 1 N–H and O–H groups in total. The van der Waals surface area contributed by atoms with Crippen LogP contribution in [0.25, 0.3) is 0 Å². The third-order valence-corrected chi connectivity index (χ3v) is 9.25. The smallest absolute Gasteiger partial charge is 0.241 e. The molecule has 1 saturated heterocycles. The lowest BCUT2D eigenvalue weighted by molar-refractivity contribution is -0.140. The van der Waals surface area contributed by atoms with E-state index in [1.807, 2.05) is 41.6 Å². The van der Waals surface area contributed by atoms with Crippen molar-refractivity contribution in [1.82, 2.24) is 29.7 Å². The third kappa shape index (κ3) is 6.47. The number of piperazine rings is 1. The molecule has 2 aromatic carbocycles. The number of imidazole rings is 1. The fourth-order valence-corrected chi connectivity index (χ4v) is 6.91. The van der Waals surface area contributed by atoms with Crippen LogP contribution in [0.3, 0.4) is 0 Å². The molecule has 4 aromatic rings. The first kappa shape index (κ1) is 29.1. The van der Waals surface area contributed by atoms with Crippen LogP contribution < -0.4 is 0 Å². The maximum absolute atomic E-state index is 14.4. The highest BCUT2D eigenvalue weighted by molar-refractivity contribution is 9.10. The Morgan fingerprint density at radius 1 is 1.10 bits per heavy atom. The van der Waals surface area contributed by atoms with Gasteiger partial charge in [-0.15, -0.1) is 0 Å². The van der Waals surface area contributed by atoms with Gasteiger partial charge in [0.05, 0.1) is 18.1 Å². The molecule has 2 aliphatic rings. The van der Waals surface area contributed by atoms with E-state index in [4.69, 9.17) is 16.6 Å². The van der Waals surface area contributed by atoms with Gasteiger partial charge < -0.3 is 9.88 Å². The van der Waals surface area contributed by atoms with E-state index in [1.165, 1.54) is 16.7 Å². The van der Waals surface area contributed by atoms with E-state index in [0.29, 0.717) is 19.6 Å². The predicted octanol–water partition coefficient (Wildman–Crippen LogP) is 5.69. The molecule has 9 heteroatoms. The number of likely N-dealkylation sites (N-methyl/N-ethyl adjacent to an activating group) is 1. The lowest BCUT2D eigenvalue weighted by atomic mass is 9.95. The Morgan fingerprint density at radius 2 is 1.93 bits per heavy atom. The second-order valence-corrected chi connectivity index (χ2v) is 12.7. The number of nitrogens with one attached hydrogen (secondary N) is 1. The number of pyridine rings is 1. The van der Waals surface area contributed by atoms with Crippen LogP contribution in [0.5, 0.6) is 0 Å². The summed E-state index contributed by atoms with van der Waals surface area (Å²) in [7, 11) is 2.08. The molecule has 2 atom stereocenters. The van der Waals surface area contributed by atoms with Gasteiger partial charge in [0.25, 0.3) is 0 Å². The number of amides is 1. The molecular weight excluding hydrogens is 612 g/mol. The fourth-order valence-electron chi connectivity index (χ4n) is 6.34. The lowest BCUT2D eigenvalue weighted by Crippen LogP contribution is -2.59. The van der Waals surface area contributed by atoms with Crippen molar-refractivity contribution < 1.29 is 4.79 Å². The highest BCUT2D eigenvalue weighted by atomic mass is 79.9. The maximum Gasteiger partial charge on any atom is 0.241 e.